The van der Waals surface area contributed by atoms with Gasteiger partial charge in [-0.05, 0) is 31.0 Å². The second-order valence-corrected chi connectivity index (χ2v) is 6.49. The van der Waals surface area contributed by atoms with Gasteiger partial charge in [-0.3, -0.25) is 0 Å². The summed E-state index contributed by atoms with van der Waals surface area (Å²) in [5, 5.41) is 3.67. The molecule has 0 spiro atoms. The van der Waals surface area contributed by atoms with E-state index in [1.165, 1.54) is 6.07 Å². The Balaban J connectivity index is 1.71. The van der Waals surface area contributed by atoms with Crippen molar-refractivity contribution in [1.29, 1.82) is 0 Å². The van der Waals surface area contributed by atoms with Crippen LogP contribution >= 0.6 is 0 Å². The van der Waals surface area contributed by atoms with Crippen molar-refractivity contribution < 1.29 is 9.13 Å². The molecule has 104 valence electrons. The highest BCUT2D eigenvalue weighted by atomic mass is 19.1. The molecule has 0 amide bonds. The molecule has 1 aromatic carbocycles. The first kappa shape index (κ1) is 13.1. The zero-order valence-corrected chi connectivity index (χ0v) is 11.8. The Bertz CT molecular complexity index is 474. The van der Waals surface area contributed by atoms with Crippen molar-refractivity contribution in [3.05, 3.63) is 35.6 Å². The minimum atomic E-state index is -0.166. The smallest absolute Gasteiger partial charge is 0.123 e. The van der Waals surface area contributed by atoms with Crippen molar-refractivity contribution in [3.63, 3.8) is 0 Å². The van der Waals surface area contributed by atoms with Crippen molar-refractivity contribution in [2.75, 3.05) is 6.61 Å². The quantitative estimate of drug-likeness (QED) is 0.903. The Morgan fingerprint density at radius 1 is 1.42 bits per heavy atom. The second kappa shape index (κ2) is 4.57. The van der Waals surface area contributed by atoms with Crippen molar-refractivity contribution >= 4 is 0 Å². The van der Waals surface area contributed by atoms with Crippen LogP contribution in [-0.4, -0.2) is 18.8 Å². The third-order valence-electron chi connectivity index (χ3n) is 4.88. The summed E-state index contributed by atoms with van der Waals surface area (Å²) in [6, 6.07) is 7.49. The summed E-state index contributed by atoms with van der Waals surface area (Å²) in [5.74, 6) is 0.451. The molecule has 2 nitrogen and oxygen atoms in total. The standard InChI is InChI=1S/C16H22FNO/c1-10(11-5-4-6-12(17)9-11)18-14-13-7-8-19-15(13)16(14,2)3/h4-6,9-10,13-15,18H,7-8H2,1-3H3/t10-,13?,14?,15?/m1/s1. The van der Waals surface area contributed by atoms with Crippen LogP contribution in [0.25, 0.3) is 0 Å². The monoisotopic (exact) mass is 263 g/mol. The predicted molar refractivity (Wildman–Crippen MR) is 73.4 cm³/mol. The average Bonchev–Trinajstić information content (AvgIpc) is 2.82. The van der Waals surface area contributed by atoms with Crippen LogP contribution in [0.2, 0.25) is 0 Å². The van der Waals surface area contributed by atoms with E-state index in [4.69, 9.17) is 4.74 Å². The first-order valence-electron chi connectivity index (χ1n) is 7.13. The largest absolute Gasteiger partial charge is 0.377 e. The Morgan fingerprint density at radius 2 is 2.21 bits per heavy atom. The van der Waals surface area contributed by atoms with Crippen LogP contribution in [0.15, 0.2) is 24.3 Å². The minimum absolute atomic E-state index is 0.166. The summed E-state index contributed by atoms with van der Waals surface area (Å²) in [4.78, 5) is 0. The summed E-state index contributed by atoms with van der Waals surface area (Å²) in [6.07, 6.45) is 1.53. The van der Waals surface area contributed by atoms with Gasteiger partial charge in [0.1, 0.15) is 5.82 Å². The first-order valence-corrected chi connectivity index (χ1v) is 7.13. The summed E-state index contributed by atoms with van der Waals surface area (Å²) in [6.45, 7) is 7.50. The third kappa shape index (κ3) is 2.09. The van der Waals surface area contributed by atoms with Gasteiger partial charge in [0.05, 0.1) is 6.10 Å². The van der Waals surface area contributed by atoms with Crippen LogP contribution in [0.5, 0.6) is 0 Å². The number of benzene rings is 1. The van der Waals surface area contributed by atoms with Crippen LogP contribution in [0.4, 0.5) is 4.39 Å². The zero-order chi connectivity index (χ0) is 13.6. The van der Waals surface area contributed by atoms with E-state index < -0.39 is 0 Å². The lowest BCUT2D eigenvalue weighted by atomic mass is 9.57. The number of hydrogen-bond donors (Lipinski definition) is 1. The Kier molecular flexibility index (Phi) is 3.14. The highest BCUT2D eigenvalue weighted by Crippen LogP contribution is 2.52. The van der Waals surface area contributed by atoms with E-state index in [9.17, 15) is 4.39 Å². The van der Waals surface area contributed by atoms with Crippen LogP contribution < -0.4 is 5.32 Å². The number of hydrogen-bond acceptors (Lipinski definition) is 2. The highest BCUT2D eigenvalue weighted by Gasteiger charge is 2.59. The summed E-state index contributed by atoms with van der Waals surface area (Å²) in [5.41, 5.74) is 1.18. The molecule has 1 aliphatic carbocycles. The molecule has 3 unspecified atom stereocenters. The number of nitrogens with one attached hydrogen (secondary N) is 1. The lowest BCUT2D eigenvalue weighted by molar-refractivity contribution is -0.115. The molecule has 1 aromatic rings. The zero-order valence-electron chi connectivity index (χ0n) is 11.8. The van der Waals surface area contributed by atoms with Gasteiger partial charge in [-0.2, -0.15) is 0 Å². The molecule has 1 N–H and O–H groups in total. The van der Waals surface area contributed by atoms with Crippen LogP contribution in [0, 0.1) is 17.2 Å². The molecule has 0 aromatic heterocycles. The Morgan fingerprint density at radius 3 is 2.95 bits per heavy atom. The van der Waals surface area contributed by atoms with E-state index >= 15 is 0 Å². The van der Waals surface area contributed by atoms with Gasteiger partial charge in [-0.25, -0.2) is 4.39 Å². The summed E-state index contributed by atoms with van der Waals surface area (Å²) in [7, 11) is 0. The maximum Gasteiger partial charge on any atom is 0.123 e. The first-order chi connectivity index (χ1) is 9.00. The molecular formula is C16H22FNO. The minimum Gasteiger partial charge on any atom is -0.377 e. The SMILES string of the molecule is C[C@@H](NC1C2CCOC2C1(C)C)c1cccc(F)c1. The van der Waals surface area contributed by atoms with Gasteiger partial charge < -0.3 is 10.1 Å². The molecule has 1 saturated heterocycles. The Labute approximate surface area is 114 Å². The number of ether oxygens (including phenoxy) is 1. The van der Waals surface area contributed by atoms with Gasteiger partial charge in [-0.15, -0.1) is 0 Å². The molecule has 1 saturated carbocycles. The van der Waals surface area contributed by atoms with Crippen molar-refractivity contribution in [3.8, 4) is 0 Å². The molecule has 2 aliphatic rings. The molecule has 19 heavy (non-hydrogen) atoms. The van der Waals surface area contributed by atoms with Crippen molar-refractivity contribution in [2.45, 2.75) is 45.4 Å². The Hall–Kier alpha value is -0.930. The molecule has 4 atom stereocenters. The van der Waals surface area contributed by atoms with Crippen molar-refractivity contribution in [1.82, 2.24) is 5.32 Å². The molecular weight excluding hydrogens is 241 g/mol. The number of fused-ring (bicyclic) bond motifs is 1. The second-order valence-electron chi connectivity index (χ2n) is 6.49. The lowest BCUT2D eigenvalue weighted by Gasteiger charge is -2.55. The predicted octanol–water partition coefficient (Wildman–Crippen LogP) is 3.29. The van der Waals surface area contributed by atoms with Gasteiger partial charge in [-0.1, -0.05) is 26.0 Å². The molecule has 3 rings (SSSR count). The van der Waals surface area contributed by atoms with Crippen LogP contribution in [0.3, 0.4) is 0 Å². The fourth-order valence-electron chi connectivity index (χ4n) is 3.80. The molecule has 0 radical (unpaired) electrons. The van der Waals surface area contributed by atoms with E-state index in [-0.39, 0.29) is 17.3 Å². The molecule has 0 bridgehead atoms. The van der Waals surface area contributed by atoms with Crippen molar-refractivity contribution in [2.24, 2.45) is 11.3 Å². The maximum absolute atomic E-state index is 13.3. The summed E-state index contributed by atoms with van der Waals surface area (Å²) < 4.78 is 19.1. The topological polar surface area (TPSA) is 21.3 Å². The number of rotatable bonds is 3. The third-order valence-corrected chi connectivity index (χ3v) is 4.88. The van der Waals surface area contributed by atoms with Crippen LogP contribution in [0.1, 0.15) is 38.8 Å². The van der Waals surface area contributed by atoms with E-state index in [0.717, 1.165) is 18.6 Å². The average molecular weight is 263 g/mol. The van der Waals surface area contributed by atoms with E-state index in [0.29, 0.717) is 18.1 Å². The van der Waals surface area contributed by atoms with Gasteiger partial charge in [0, 0.05) is 30.0 Å². The molecule has 3 heteroatoms. The maximum atomic E-state index is 13.3. The normalized spacial score (nSPS) is 33.6. The van der Waals surface area contributed by atoms with Gasteiger partial charge in [0.25, 0.3) is 0 Å². The summed E-state index contributed by atoms with van der Waals surface area (Å²) >= 11 is 0. The fraction of sp³-hybridized carbons (Fsp3) is 0.625. The highest BCUT2D eigenvalue weighted by molar-refractivity contribution is 5.21. The van der Waals surface area contributed by atoms with E-state index in [2.05, 4.69) is 26.1 Å². The fourth-order valence-corrected chi connectivity index (χ4v) is 3.80. The van der Waals surface area contributed by atoms with Gasteiger partial charge >= 0.3 is 0 Å². The van der Waals surface area contributed by atoms with Gasteiger partial charge in [0.2, 0.25) is 0 Å². The van der Waals surface area contributed by atoms with Crippen LogP contribution in [-0.2, 0) is 4.74 Å². The van der Waals surface area contributed by atoms with Gasteiger partial charge in [0.15, 0.2) is 0 Å². The molecule has 1 aliphatic heterocycles. The molecule has 2 fully saturated rings. The number of halogens is 1. The van der Waals surface area contributed by atoms with E-state index in [1.54, 1.807) is 12.1 Å². The molecule has 1 heterocycles. The lowest BCUT2D eigenvalue weighted by Crippen LogP contribution is -2.66. The van der Waals surface area contributed by atoms with E-state index in [1.807, 2.05) is 6.07 Å².